The Morgan fingerprint density at radius 1 is 0.537 bits per heavy atom. The van der Waals surface area contributed by atoms with Crippen molar-refractivity contribution in [3.63, 3.8) is 0 Å². The first kappa shape index (κ1) is 36.2. The standard InChI is InChI=1S/2C10H9N3.2C5H8O2.Ru/c2*1-3-7-11-9(5-1)13-10-6-2-4-8-12-10;2*1-4(6)3-5(2)7;/h2*1-8H,(H,11,12,13);2*3,6H,1-2H3;/q;;;;+2/p-2/b;;2*4-3-;. The molecule has 10 nitrogen and oxygen atoms in total. The number of nitrogens with zero attached hydrogens (tertiary/aromatic N) is 4. The third-order valence-corrected chi connectivity index (χ3v) is 3.98. The maximum Gasteiger partial charge on any atom is 2.00 e. The van der Waals surface area contributed by atoms with E-state index in [2.05, 4.69) is 30.6 Å². The van der Waals surface area contributed by atoms with Crippen molar-refractivity contribution in [2.45, 2.75) is 27.7 Å². The van der Waals surface area contributed by atoms with Crippen LogP contribution < -0.4 is 20.8 Å². The van der Waals surface area contributed by atoms with Gasteiger partial charge >= 0.3 is 19.5 Å². The molecule has 0 amide bonds. The molecule has 0 aliphatic carbocycles. The van der Waals surface area contributed by atoms with E-state index in [-0.39, 0.29) is 42.6 Å². The van der Waals surface area contributed by atoms with Crippen molar-refractivity contribution in [2.75, 3.05) is 10.6 Å². The number of rotatable bonds is 6. The molecule has 4 heterocycles. The predicted molar refractivity (Wildman–Crippen MR) is 152 cm³/mol. The summed E-state index contributed by atoms with van der Waals surface area (Å²) in [6, 6.07) is 22.8. The van der Waals surface area contributed by atoms with Crippen molar-refractivity contribution in [3.8, 4) is 0 Å². The van der Waals surface area contributed by atoms with E-state index in [4.69, 9.17) is 0 Å². The summed E-state index contributed by atoms with van der Waals surface area (Å²) in [5, 5.41) is 26.1. The van der Waals surface area contributed by atoms with Gasteiger partial charge in [0.15, 0.2) is 11.6 Å². The van der Waals surface area contributed by atoms with E-state index in [1.165, 1.54) is 27.7 Å². The summed E-state index contributed by atoms with van der Waals surface area (Å²) in [5.41, 5.74) is 0. The van der Waals surface area contributed by atoms with Gasteiger partial charge in [0, 0.05) is 24.8 Å². The van der Waals surface area contributed by atoms with E-state index >= 15 is 0 Å². The van der Waals surface area contributed by atoms with Crippen LogP contribution in [0, 0.1) is 0 Å². The maximum absolute atomic E-state index is 9.98. The molecule has 0 aliphatic heterocycles. The second-order valence-corrected chi connectivity index (χ2v) is 7.84. The fourth-order valence-electron chi connectivity index (χ4n) is 2.58. The van der Waals surface area contributed by atoms with Gasteiger partial charge in [-0.05, 0) is 74.5 Å². The molecule has 0 aliphatic rings. The number of pyridine rings is 4. The Morgan fingerprint density at radius 2 is 0.780 bits per heavy atom. The molecule has 41 heavy (non-hydrogen) atoms. The predicted octanol–water partition coefficient (Wildman–Crippen LogP) is 4.12. The molecule has 0 unspecified atom stereocenters. The summed E-state index contributed by atoms with van der Waals surface area (Å²) in [5.74, 6) is 2.48. The zero-order valence-electron chi connectivity index (χ0n) is 23.2. The Labute approximate surface area is 253 Å². The third-order valence-electron chi connectivity index (χ3n) is 3.98. The molecule has 0 saturated carbocycles. The van der Waals surface area contributed by atoms with E-state index in [1.54, 1.807) is 24.8 Å². The SMILES string of the molecule is CC(=O)/C=C(/C)[O-].CC(=O)/C=C(/C)[O-].[Ru+2].c1ccc(Nc2ccccn2)nc1.c1ccc(Nc2ccccn2)nc1. The maximum atomic E-state index is 9.98. The quantitative estimate of drug-likeness (QED) is 0.178. The molecule has 214 valence electrons. The third kappa shape index (κ3) is 20.8. The Balaban J connectivity index is 0.000000541. The number of aromatic nitrogens is 4. The normalized spacial score (nSPS) is 9.95. The van der Waals surface area contributed by atoms with E-state index in [0.717, 1.165) is 35.4 Å². The second kappa shape index (κ2) is 22.1. The molecule has 0 radical (unpaired) electrons. The zero-order chi connectivity index (χ0) is 29.6. The molecule has 0 saturated heterocycles. The van der Waals surface area contributed by atoms with Crippen molar-refractivity contribution in [2.24, 2.45) is 0 Å². The van der Waals surface area contributed by atoms with Crippen molar-refractivity contribution in [3.05, 3.63) is 121 Å². The zero-order valence-corrected chi connectivity index (χ0v) is 24.9. The molecular weight excluding hydrogens is 609 g/mol. The minimum Gasteiger partial charge on any atom is -0.876 e. The smallest absolute Gasteiger partial charge is 0.876 e. The van der Waals surface area contributed by atoms with E-state index in [9.17, 15) is 19.8 Å². The molecule has 0 atom stereocenters. The topological polar surface area (TPSA) is 156 Å². The minimum atomic E-state index is -0.187. The molecule has 0 spiro atoms. The molecule has 2 N–H and O–H groups in total. The van der Waals surface area contributed by atoms with Crippen LogP contribution in [0.2, 0.25) is 0 Å². The van der Waals surface area contributed by atoms with Gasteiger partial charge in [0.25, 0.3) is 0 Å². The van der Waals surface area contributed by atoms with Crippen LogP contribution in [0.4, 0.5) is 23.3 Å². The summed E-state index contributed by atoms with van der Waals surface area (Å²) in [6.45, 7) is 5.39. The number of hydrogen-bond donors (Lipinski definition) is 2. The van der Waals surface area contributed by atoms with E-state index < -0.39 is 0 Å². The molecule has 0 bridgehead atoms. The summed E-state index contributed by atoms with van der Waals surface area (Å²) in [7, 11) is 0. The van der Waals surface area contributed by atoms with Crippen molar-refractivity contribution in [1.82, 2.24) is 19.9 Å². The van der Waals surface area contributed by atoms with Gasteiger partial charge in [-0.25, -0.2) is 19.9 Å². The first-order valence-electron chi connectivity index (χ1n) is 12.1. The van der Waals surface area contributed by atoms with Crippen LogP contribution in [-0.2, 0) is 29.1 Å². The van der Waals surface area contributed by atoms with Crippen LogP contribution in [0.3, 0.4) is 0 Å². The summed E-state index contributed by atoms with van der Waals surface area (Å²) in [6.07, 6.45) is 9.08. The fraction of sp³-hybridized carbons (Fsp3) is 0.133. The monoisotopic (exact) mass is 642 g/mol. The second-order valence-electron chi connectivity index (χ2n) is 7.84. The average molecular weight is 642 g/mol. The minimum absolute atomic E-state index is 0. The summed E-state index contributed by atoms with van der Waals surface area (Å²) >= 11 is 0. The number of allylic oxidation sites excluding steroid dienone is 4. The molecule has 0 aromatic carbocycles. The van der Waals surface area contributed by atoms with Gasteiger partial charge in [0.1, 0.15) is 23.3 Å². The molecule has 4 aromatic rings. The van der Waals surface area contributed by atoms with Gasteiger partial charge in [0.2, 0.25) is 0 Å². The Kier molecular flexibility index (Phi) is 19.5. The van der Waals surface area contributed by atoms with Gasteiger partial charge in [-0.2, -0.15) is 0 Å². The van der Waals surface area contributed by atoms with Gasteiger partial charge < -0.3 is 20.8 Å². The van der Waals surface area contributed by atoms with Crippen LogP contribution in [-0.4, -0.2) is 31.5 Å². The van der Waals surface area contributed by atoms with Crippen LogP contribution in [0.25, 0.3) is 0 Å². The number of anilines is 4. The van der Waals surface area contributed by atoms with Crippen molar-refractivity contribution < 1.29 is 39.3 Å². The van der Waals surface area contributed by atoms with Crippen molar-refractivity contribution in [1.29, 1.82) is 0 Å². The molecule has 4 rings (SSSR count). The van der Waals surface area contributed by atoms with Crippen LogP contribution in [0.1, 0.15) is 27.7 Å². The first-order chi connectivity index (χ1) is 19.2. The van der Waals surface area contributed by atoms with Gasteiger partial charge in [-0.3, -0.25) is 9.59 Å². The number of carbonyl (C=O) groups is 2. The summed E-state index contributed by atoms with van der Waals surface area (Å²) in [4.78, 5) is 36.4. The Morgan fingerprint density at radius 3 is 0.902 bits per heavy atom. The van der Waals surface area contributed by atoms with Crippen LogP contribution >= 0.6 is 0 Å². The Bertz CT molecular complexity index is 1140. The van der Waals surface area contributed by atoms with E-state index in [0.29, 0.717) is 0 Å². The fourth-order valence-corrected chi connectivity index (χ4v) is 2.58. The largest absolute Gasteiger partial charge is 2.00 e. The summed E-state index contributed by atoms with van der Waals surface area (Å²) < 4.78 is 0. The van der Waals surface area contributed by atoms with Crippen LogP contribution in [0.15, 0.2) is 121 Å². The van der Waals surface area contributed by atoms with Crippen LogP contribution in [0.5, 0.6) is 0 Å². The number of hydrogen-bond acceptors (Lipinski definition) is 10. The first-order valence-corrected chi connectivity index (χ1v) is 12.1. The number of nitrogens with one attached hydrogen (secondary N) is 2. The van der Waals surface area contributed by atoms with Gasteiger partial charge in [-0.15, -0.1) is 11.5 Å². The Hall–Kier alpha value is -4.76. The van der Waals surface area contributed by atoms with E-state index in [1.807, 2.05) is 72.8 Å². The molecular formula is C30H32N6O4Ru. The number of ketones is 2. The van der Waals surface area contributed by atoms with Gasteiger partial charge in [0.05, 0.1) is 0 Å². The average Bonchev–Trinajstić information content (AvgIpc) is 2.91. The molecule has 4 aromatic heterocycles. The van der Waals surface area contributed by atoms with Gasteiger partial charge in [-0.1, -0.05) is 38.1 Å². The van der Waals surface area contributed by atoms with Crippen molar-refractivity contribution >= 4 is 34.8 Å². The number of carbonyl (C=O) groups excluding carboxylic acids is 2. The molecule has 0 fully saturated rings. The molecule has 11 heteroatoms.